The molecule has 1 atom stereocenters. The Kier molecular flexibility index (Phi) is 9.50. The molecule has 1 unspecified atom stereocenters. The van der Waals surface area contributed by atoms with E-state index in [1.807, 2.05) is 32.0 Å². The number of carbonyl (C=O) groups is 1. The number of carbonyl (C=O) groups excluding carboxylic acids is 1. The van der Waals surface area contributed by atoms with Crippen molar-refractivity contribution >= 4 is 38.6 Å². The fraction of sp³-hybridized carbons (Fsp3) is 0.423. The molecule has 194 valence electrons. The molecule has 1 fully saturated rings. The lowest BCUT2D eigenvalue weighted by Gasteiger charge is -2.26. The minimum Gasteiger partial charge on any atom is -0.335 e. The first-order valence-corrected chi connectivity index (χ1v) is 14.0. The summed E-state index contributed by atoms with van der Waals surface area (Å²) in [6.07, 6.45) is 5.96. The first-order valence-electron chi connectivity index (χ1n) is 12.0. The highest BCUT2D eigenvalue weighted by molar-refractivity contribution is 7.90. The molecule has 1 saturated carbocycles. The fourth-order valence-corrected chi connectivity index (χ4v) is 5.21. The van der Waals surface area contributed by atoms with Gasteiger partial charge in [0.2, 0.25) is 0 Å². The second-order valence-electron chi connectivity index (χ2n) is 9.42. The molecular formula is C26H33ClN4O4S. The zero-order chi connectivity index (χ0) is 26.3. The maximum absolute atomic E-state index is 12.3. The van der Waals surface area contributed by atoms with Gasteiger partial charge in [-0.05, 0) is 81.7 Å². The van der Waals surface area contributed by atoms with Crippen molar-refractivity contribution in [2.24, 2.45) is 5.92 Å². The number of hydrogen-bond donors (Lipinski definition) is 3. The minimum atomic E-state index is -3.86. The number of aromatic amines is 1. The Morgan fingerprint density at radius 1 is 1.14 bits per heavy atom. The molecule has 1 heterocycles. The van der Waals surface area contributed by atoms with Crippen LogP contribution in [0.2, 0.25) is 0 Å². The molecule has 1 aromatic heterocycles. The van der Waals surface area contributed by atoms with Gasteiger partial charge in [0.1, 0.15) is 0 Å². The van der Waals surface area contributed by atoms with Gasteiger partial charge < -0.3 is 10.3 Å². The largest absolute Gasteiger partial charge is 0.335 e. The Hall–Kier alpha value is -2.91. The lowest BCUT2D eigenvalue weighted by Crippen LogP contribution is -2.45. The summed E-state index contributed by atoms with van der Waals surface area (Å²) in [5.74, 6) is 0.670. The Bertz CT molecular complexity index is 1330. The Morgan fingerprint density at radius 3 is 2.44 bits per heavy atom. The van der Waals surface area contributed by atoms with Crippen molar-refractivity contribution < 1.29 is 13.2 Å². The van der Waals surface area contributed by atoms with Crippen LogP contribution in [-0.4, -0.2) is 35.8 Å². The van der Waals surface area contributed by atoms with Crippen LogP contribution in [0.15, 0.2) is 58.5 Å². The number of urea groups is 1. The van der Waals surface area contributed by atoms with Crippen LogP contribution in [0.1, 0.15) is 50.7 Å². The smallest absolute Gasteiger partial charge is 0.328 e. The number of hydrogen-bond acceptors (Lipinski definition) is 5. The molecule has 3 N–H and O–H groups in total. The number of benzene rings is 2. The van der Waals surface area contributed by atoms with E-state index in [4.69, 9.17) is 11.6 Å². The first-order chi connectivity index (χ1) is 17.0. The van der Waals surface area contributed by atoms with Crippen LogP contribution in [0, 0.1) is 12.8 Å². The van der Waals surface area contributed by atoms with E-state index >= 15 is 0 Å². The number of nitrogens with zero attached hydrogens (tertiary/aromatic N) is 1. The summed E-state index contributed by atoms with van der Waals surface area (Å²) in [6, 6.07) is 11.4. The monoisotopic (exact) mass is 532 g/mol. The molecule has 0 spiro atoms. The Morgan fingerprint density at radius 2 is 1.81 bits per heavy atom. The van der Waals surface area contributed by atoms with Gasteiger partial charge in [-0.3, -0.25) is 4.79 Å². The van der Waals surface area contributed by atoms with Gasteiger partial charge in [0, 0.05) is 11.4 Å². The summed E-state index contributed by atoms with van der Waals surface area (Å²) in [5, 5.41) is 3.39. The first kappa shape index (κ1) is 27.7. The van der Waals surface area contributed by atoms with E-state index in [2.05, 4.69) is 26.9 Å². The molecular weight excluding hydrogens is 500 g/mol. The number of alkyl halides is 1. The van der Waals surface area contributed by atoms with E-state index in [9.17, 15) is 18.0 Å². The van der Waals surface area contributed by atoms with Crippen molar-refractivity contribution in [3.63, 3.8) is 0 Å². The molecule has 1 aliphatic carbocycles. The molecule has 0 bridgehead atoms. The Labute approximate surface area is 216 Å². The van der Waals surface area contributed by atoms with Crippen molar-refractivity contribution in [1.29, 1.82) is 0 Å². The predicted molar refractivity (Wildman–Crippen MR) is 143 cm³/mol. The summed E-state index contributed by atoms with van der Waals surface area (Å²) in [6.45, 7) is 6.02. The second kappa shape index (κ2) is 12.4. The zero-order valence-corrected chi connectivity index (χ0v) is 22.3. The normalized spacial score (nSPS) is 18.6. The van der Waals surface area contributed by atoms with Crippen LogP contribution in [0.25, 0.3) is 10.9 Å². The summed E-state index contributed by atoms with van der Waals surface area (Å²) in [5.41, 5.74) is 2.69. The SMILES string of the molecule is CC(Cl)Cc1ccc(S(=O)(=O)NC(=O)NC2CCC(C)CC2)cc1.Cc1ccc2nc[nH]c(=O)c2c1. The van der Waals surface area contributed by atoms with Gasteiger partial charge in [-0.1, -0.05) is 30.7 Å². The third-order valence-corrected chi connectivity index (χ3v) is 7.63. The molecule has 10 heteroatoms. The number of amides is 2. The maximum Gasteiger partial charge on any atom is 0.328 e. The van der Waals surface area contributed by atoms with Crippen LogP contribution in [0.4, 0.5) is 4.79 Å². The molecule has 8 nitrogen and oxygen atoms in total. The van der Waals surface area contributed by atoms with Crippen LogP contribution < -0.4 is 15.6 Å². The van der Waals surface area contributed by atoms with Gasteiger partial charge in [-0.2, -0.15) is 0 Å². The van der Waals surface area contributed by atoms with E-state index in [1.165, 1.54) is 18.5 Å². The highest BCUT2D eigenvalue weighted by Gasteiger charge is 2.23. The summed E-state index contributed by atoms with van der Waals surface area (Å²) in [4.78, 5) is 29.8. The topological polar surface area (TPSA) is 121 Å². The molecule has 4 rings (SSSR count). The van der Waals surface area contributed by atoms with Gasteiger partial charge in [0.25, 0.3) is 15.6 Å². The third kappa shape index (κ3) is 8.06. The van der Waals surface area contributed by atoms with Gasteiger partial charge in [0.15, 0.2) is 0 Å². The molecule has 36 heavy (non-hydrogen) atoms. The van der Waals surface area contributed by atoms with Crippen LogP contribution >= 0.6 is 11.6 Å². The van der Waals surface area contributed by atoms with Crippen molar-refractivity contribution in [3.05, 3.63) is 70.3 Å². The third-order valence-electron chi connectivity index (χ3n) is 6.12. The molecule has 2 amide bonds. The highest BCUT2D eigenvalue weighted by atomic mass is 35.5. The van der Waals surface area contributed by atoms with Gasteiger partial charge >= 0.3 is 6.03 Å². The van der Waals surface area contributed by atoms with Gasteiger partial charge in [-0.25, -0.2) is 22.9 Å². The second-order valence-corrected chi connectivity index (χ2v) is 11.8. The van der Waals surface area contributed by atoms with E-state index in [1.54, 1.807) is 12.1 Å². The molecule has 3 aromatic rings. The van der Waals surface area contributed by atoms with Crippen molar-refractivity contribution in [1.82, 2.24) is 20.0 Å². The van der Waals surface area contributed by atoms with Gasteiger partial charge in [0.05, 0.1) is 22.1 Å². The summed E-state index contributed by atoms with van der Waals surface area (Å²) >= 11 is 5.93. The van der Waals surface area contributed by atoms with E-state index in [0.717, 1.165) is 42.3 Å². The highest BCUT2D eigenvalue weighted by Crippen LogP contribution is 2.23. The molecule has 1 aliphatic rings. The molecule has 0 aliphatic heterocycles. The van der Waals surface area contributed by atoms with Crippen LogP contribution in [-0.2, 0) is 16.4 Å². The van der Waals surface area contributed by atoms with Crippen molar-refractivity contribution in [3.8, 4) is 0 Å². The molecule has 0 radical (unpaired) electrons. The standard InChI is InChI=1S/C17H25ClN2O3S.C9H8N2O/c1-12-3-7-15(8-4-12)19-17(21)20-24(22,23)16-9-5-14(6-10-16)11-13(2)18;1-6-2-3-8-7(4-6)9(12)11-5-10-8/h5-6,9-10,12-13,15H,3-4,7-8,11H2,1-2H3,(H2,19,20,21);2-5H,1H3,(H,10,11,12). The average Bonchev–Trinajstić information content (AvgIpc) is 2.81. The van der Waals surface area contributed by atoms with Gasteiger partial charge in [-0.15, -0.1) is 11.6 Å². The predicted octanol–water partition coefficient (Wildman–Crippen LogP) is 4.65. The zero-order valence-electron chi connectivity index (χ0n) is 20.8. The number of halogens is 1. The quantitative estimate of drug-likeness (QED) is 0.413. The average molecular weight is 533 g/mol. The maximum atomic E-state index is 12.3. The number of sulfonamides is 1. The lowest BCUT2D eigenvalue weighted by molar-refractivity contribution is 0.233. The van der Waals surface area contributed by atoms with E-state index in [-0.39, 0.29) is 21.9 Å². The fourth-order valence-electron chi connectivity index (χ4n) is 4.11. The number of rotatable bonds is 5. The number of aromatic nitrogens is 2. The van der Waals surface area contributed by atoms with Crippen LogP contribution in [0.3, 0.4) is 0 Å². The van der Waals surface area contributed by atoms with Crippen molar-refractivity contribution in [2.75, 3.05) is 0 Å². The number of H-pyrrole nitrogens is 1. The number of fused-ring (bicyclic) bond motifs is 1. The summed E-state index contributed by atoms with van der Waals surface area (Å²) < 4.78 is 26.6. The lowest BCUT2D eigenvalue weighted by atomic mass is 9.87. The summed E-state index contributed by atoms with van der Waals surface area (Å²) in [7, 11) is -3.86. The van der Waals surface area contributed by atoms with E-state index < -0.39 is 16.1 Å². The number of nitrogens with one attached hydrogen (secondary N) is 3. The van der Waals surface area contributed by atoms with Crippen molar-refractivity contribution in [2.45, 2.75) is 69.2 Å². The number of aryl methyl sites for hydroxylation is 1. The molecule has 2 aromatic carbocycles. The van der Waals surface area contributed by atoms with Crippen LogP contribution in [0.5, 0.6) is 0 Å². The minimum absolute atomic E-state index is 0.0189. The molecule has 0 saturated heterocycles. The van der Waals surface area contributed by atoms with E-state index in [0.29, 0.717) is 17.7 Å². The Balaban J connectivity index is 0.000000249.